The summed E-state index contributed by atoms with van der Waals surface area (Å²) in [6.07, 6.45) is 5.87. The zero-order valence-corrected chi connectivity index (χ0v) is 18.9. The lowest BCUT2D eigenvalue weighted by Gasteiger charge is -2.25. The van der Waals surface area contributed by atoms with Crippen LogP contribution in [0, 0.1) is 20.2 Å². The third-order valence-electron chi connectivity index (χ3n) is 6.58. The summed E-state index contributed by atoms with van der Waals surface area (Å²) in [5, 5.41) is 22.1. The first-order valence-electron chi connectivity index (χ1n) is 10.9. The van der Waals surface area contributed by atoms with Crippen LogP contribution >= 0.6 is 0 Å². The second kappa shape index (κ2) is 10.9. The predicted molar refractivity (Wildman–Crippen MR) is 120 cm³/mol. The van der Waals surface area contributed by atoms with E-state index in [0.717, 1.165) is 23.7 Å². The van der Waals surface area contributed by atoms with Gasteiger partial charge >= 0.3 is 0 Å². The molecule has 0 spiro atoms. The van der Waals surface area contributed by atoms with Gasteiger partial charge in [-0.15, -0.1) is 0 Å². The Morgan fingerprint density at radius 3 is 1.41 bits per heavy atom. The average Bonchev–Trinajstić information content (AvgIpc) is 3.53. The maximum atomic E-state index is 11.1. The molecule has 0 aliphatic heterocycles. The van der Waals surface area contributed by atoms with Gasteiger partial charge in [0.2, 0.25) is 12.1 Å². The fourth-order valence-electron chi connectivity index (χ4n) is 4.60. The van der Waals surface area contributed by atoms with Crippen LogP contribution < -0.4 is 0 Å². The zero-order valence-electron chi connectivity index (χ0n) is 18.9. The number of aldehydes is 2. The van der Waals surface area contributed by atoms with E-state index >= 15 is 0 Å². The van der Waals surface area contributed by atoms with E-state index in [-0.39, 0.29) is 34.5 Å². The second-order valence-electron chi connectivity index (χ2n) is 8.61. The number of hydrogen-bond donors (Lipinski definition) is 0. The Morgan fingerprint density at radius 1 is 0.765 bits per heavy atom. The van der Waals surface area contributed by atoms with Crippen molar-refractivity contribution in [3.63, 3.8) is 0 Å². The SMILES string of the molecule is CC1=C(C=O)C[C@H]([N+](=O)[O-])[C@@H](c2ccco2)C1.CC1=C(C=O)C[C@H]([N+](=O)[O-])[C@@H](c2ccco2)C1. The number of hydrogen-bond acceptors (Lipinski definition) is 8. The summed E-state index contributed by atoms with van der Waals surface area (Å²) in [4.78, 5) is 43.1. The Morgan fingerprint density at radius 2 is 1.15 bits per heavy atom. The van der Waals surface area contributed by atoms with Gasteiger partial charge in [0.05, 0.1) is 24.4 Å². The molecule has 2 aromatic heterocycles. The van der Waals surface area contributed by atoms with Crippen molar-refractivity contribution in [2.75, 3.05) is 0 Å². The van der Waals surface area contributed by atoms with Crippen molar-refractivity contribution in [2.24, 2.45) is 0 Å². The summed E-state index contributed by atoms with van der Waals surface area (Å²) >= 11 is 0. The lowest BCUT2D eigenvalue weighted by Crippen LogP contribution is -2.31. The quantitative estimate of drug-likeness (QED) is 0.337. The molecule has 0 saturated carbocycles. The van der Waals surface area contributed by atoms with Crippen molar-refractivity contribution in [2.45, 2.75) is 63.5 Å². The van der Waals surface area contributed by atoms with Gasteiger partial charge in [-0.05, 0) is 62.1 Å². The first-order valence-corrected chi connectivity index (χ1v) is 10.9. The molecule has 10 heteroatoms. The standard InChI is InChI=1S/2C12H13NO4/c2*1-8-5-10(12-3-2-4-17-12)11(13(15)16)6-9(8)7-14/h2*2-4,7,10-11H,5-6H2,1H3/t2*10-,11-/m00/s1. The topological polar surface area (TPSA) is 147 Å². The van der Waals surface area contributed by atoms with Crippen LogP contribution in [0.1, 0.15) is 62.9 Å². The van der Waals surface area contributed by atoms with Crippen molar-refractivity contribution < 1.29 is 28.3 Å². The van der Waals surface area contributed by atoms with E-state index in [9.17, 15) is 29.8 Å². The largest absolute Gasteiger partial charge is 0.469 e. The highest BCUT2D eigenvalue weighted by molar-refractivity contribution is 5.75. The normalized spacial score (nSPS) is 24.8. The van der Waals surface area contributed by atoms with Crippen LogP contribution in [0.15, 0.2) is 67.9 Å². The molecule has 0 saturated heterocycles. The third kappa shape index (κ3) is 5.38. The molecule has 2 aliphatic rings. The van der Waals surface area contributed by atoms with Crippen molar-refractivity contribution in [3.8, 4) is 0 Å². The maximum absolute atomic E-state index is 11.1. The Hall–Kier alpha value is -3.82. The molecule has 0 radical (unpaired) electrons. The molecule has 4 atom stereocenters. The molecular weight excluding hydrogens is 444 g/mol. The van der Waals surface area contributed by atoms with Gasteiger partial charge in [-0.2, -0.15) is 0 Å². The molecule has 34 heavy (non-hydrogen) atoms. The molecule has 4 rings (SSSR count). The van der Waals surface area contributed by atoms with Crippen LogP contribution in [-0.4, -0.2) is 34.5 Å². The molecular formula is C24H26N2O8. The molecule has 0 bridgehead atoms. The molecule has 2 aromatic rings. The average molecular weight is 470 g/mol. The lowest BCUT2D eigenvalue weighted by molar-refractivity contribution is -0.527. The van der Waals surface area contributed by atoms with Crippen molar-refractivity contribution in [1.29, 1.82) is 0 Å². The maximum Gasteiger partial charge on any atom is 0.227 e. The van der Waals surface area contributed by atoms with Crippen LogP contribution in [0.3, 0.4) is 0 Å². The van der Waals surface area contributed by atoms with Gasteiger partial charge in [0.15, 0.2) is 0 Å². The second-order valence-corrected chi connectivity index (χ2v) is 8.61. The summed E-state index contributed by atoms with van der Waals surface area (Å²) in [7, 11) is 0. The third-order valence-corrected chi connectivity index (χ3v) is 6.58. The summed E-state index contributed by atoms with van der Waals surface area (Å²) in [5.41, 5.74) is 2.93. The van der Waals surface area contributed by atoms with Crippen LogP contribution in [0.5, 0.6) is 0 Å². The van der Waals surface area contributed by atoms with E-state index in [0.29, 0.717) is 35.5 Å². The van der Waals surface area contributed by atoms with E-state index < -0.39 is 12.1 Å². The Kier molecular flexibility index (Phi) is 7.93. The first kappa shape index (κ1) is 24.8. The number of nitrogens with zero attached hydrogens (tertiary/aromatic N) is 2. The van der Waals surface area contributed by atoms with E-state index in [1.165, 1.54) is 12.5 Å². The zero-order chi connectivity index (χ0) is 24.8. The molecule has 10 nitrogen and oxygen atoms in total. The highest BCUT2D eigenvalue weighted by atomic mass is 16.6. The summed E-state index contributed by atoms with van der Waals surface area (Å²) < 4.78 is 10.5. The molecule has 0 aromatic carbocycles. The molecule has 0 fully saturated rings. The molecule has 0 N–H and O–H groups in total. The Bertz CT molecular complexity index is 1010. The fraction of sp³-hybridized carbons (Fsp3) is 0.417. The van der Waals surface area contributed by atoms with E-state index in [1.54, 1.807) is 24.3 Å². The molecule has 2 heterocycles. The van der Waals surface area contributed by atoms with Gasteiger partial charge < -0.3 is 8.83 Å². The van der Waals surface area contributed by atoms with Crippen LogP contribution in [-0.2, 0) is 9.59 Å². The number of rotatable bonds is 6. The van der Waals surface area contributed by atoms with Crippen LogP contribution in [0.25, 0.3) is 0 Å². The van der Waals surface area contributed by atoms with Gasteiger partial charge in [-0.25, -0.2) is 0 Å². The van der Waals surface area contributed by atoms with Gasteiger partial charge in [-0.1, -0.05) is 11.1 Å². The van der Waals surface area contributed by atoms with Gasteiger partial charge in [0.1, 0.15) is 24.1 Å². The number of carbonyl (C=O) groups excluding carboxylic acids is 2. The molecule has 0 amide bonds. The lowest BCUT2D eigenvalue weighted by atomic mass is 9.80. The van der Waals surface area contributed by atoms with Crippen molar-refractivity contribution in [1.82, 2.24) is 0 Å². The van der Waals surface area contributed by atoms with E-state index in [4.69, 9.17) is 8.83 Å². The molecule has 180 valence electrons. The smallest absolute Gasteiger partial charge is 0.227 e. The van der Waals surface area contributed by atoms with Gasteiger partial charge in [-0.3, -0.25) is 29.8 Å². The monoisotopic (exact) mass is 470 g/mol. The fourth-order valence-corrected chi connectivity index (χ4v) is 4.60. The minimum atomic E-state index is -0.773. The van der Waals surface area contributed by atoms with Crippen molar-refractivity contribution in [3.05, 3.63) is 90.8 Å². The minimum absolute atomic E-state index is 0.188. The number of nitro groups is 2. The first-order chi connectivity index (χ1) is 16.3. The van der Waals surface area contributed by atoms with Gasteiger partial charge in [0.25, 0.3) is 0 Å². The minimum Gasteiger partial charge on any atom is -0.469 e. The van der Waals surface area contributed by atoms with E-state index in [2.05, 4.69) is 0 Å². The van der Waals surface area contributed by atoms with Crippen LogP contribution in [0.4, 0.5) is 0 Å². The highest BCUT2D eigenvalue weighted by Crippen LogP contribution is 2.38. The summed E-state index contributed by atoms with van der Waals surface area (Å²) in [6.45, 7) is 3.69. The Labute approximate surface area is 195 Å². The highest BCUT2D eigenvalue weighted by Gasteiger charge is 2.40. The Balaban J connectivity index is 0.000000191. The summed E-state index contributed by atoms with van der Waals surface area (Å²) in [5.74, 6) is 0.694. The number of carbonyl (C=O) groups is 2. The number of allylic oxidation sites excluding steroid dienone is 2. The summed E-state index contributed by atoms with van der Waals surface area (Å²) in [6, 6.07) is 5.40. The van der Waals surface area contributed by atoms with E-state index in [1.807, 2.05) is 13.8 Å². The molecule has 0 unspecified atom stereocenters. The van der Waals surface area contributed by atoms with Gasteiger partial charge in [0, 0.05) is 22.7 Å². The van der Waals surface area contributed by atoms with Crippen LogP contribution in [0.2, 0.25) is 0 Å². The predicted octanol–water partition coefficient (Wildman–Crippen LogP) is 4.64. The van der Waals surface area contributed by atoms with Crippen molar-refractivity contribution >= 4 is 12.6 Å². The molecule has 2 aliphatic carbocycles. The number of furan rings is 2.